The van der Waals surface area contributed by atoms with Crippen LogP contribution < -0.4 is 10.6 Å². The number of imide groups is 1. The van der Waals surface area contributed by atoms with Crippen molar-refractivity contribution in [1.29, 1.82) is 0 Å². The van der Waals surface area contributed by atoms with Crippen molar-refractivity contribution < 1.29 is 14.4 Å². The van der Waals surface area contributed by atoms with Gasteiger partial charge in [0.25, 0.3) is 0 Å². The zero-order valence-electron chi connectivity index (χ0n) is 10.6. The molecule has 0 aliphatic carbocycles. The van der Waals surface area contributed by atoms with E-state index in [0.717, 1.165) is 25.9 Å². The van der Waals surface area contributed by atoms with Crippen LogP contribution in [0.25, 0.3) is 0 Å². The highest BCUT2D eigenvalue weighted by molar-refractivity contribution is 6.04. The molecule has 1 atom stereocenters. The molecular formula is C12H19N3O3. The summed E-state index contributed by atoms with van der Waals surface area (Å²) >= 11 is 0. The smallest absolute Gasteiger partial charge is 0.249 e. The fraction of sp³-hybridized carbons (Fsp3) is 0.750. The normalized spacial score (nSPS) is 26.1. The van der Waals surface area contributed by atoms with Crippen LogP contribution in [0.15, 0.2) is 0 Å². The fourth-order valence-electron chi connectivity index (χ4n) is 2.61. The molecule has 0 aromatic heterocycles. The summed E-state index contributed by atoms with van der Waals surface area (Å²) in [4.78, 5) is 36.9. The Morgan fingerprint density at radius 3 is 2.61 bits per heavy atom. The molecule has 0 aromatic carbocycles. The summed E-state index contributed by atoms with van der Waals surface area (Å²) in [5, 5.41) is 5.48. The van der Waals surface area contributed by atoms with Gasteiger partial charge in [0.05, 0.1) is 0 Å². The van der Waals surface area contributed by atoms with E-state index in [1.54, 1.807) is 0 Å². The van der Waals surface area contributed by atoms with E-state index in [2.05, 4.69) is 10.6 Å². The van der Waals surface area contributed by atoms with Gasteiger partial charge in [0.1, 0.15) is 12.6 Å². The Morgan fingerprint density at radius 2 is 2.00 bits per heavy atom. The molecule has 2 fully saturated rings. The monoisotopic (exact) mass is 253 g/mol. The SMILES string of the molecule is CCC1C(=O)NC(=O)CN1C(=O)C1CCNCC1. The lowest BCUT2D eigenvalue weighted by Gasteiger charge is -2.36. The molecule has 18 heavy (non-hydrogen) atoms. The molecule has 100 valence electrons. The summed E-state index contributed by atoms with van der Waals surface area (Å²) in [7, 11) is 0. The van der Waals surface area contributed by atoms with Gasteiger partial charge in [0.15, 0.2) is 0 Å². The summed E-state index contributed by atoms with van der Waals surface area (Å²) in [6.07, 6.45) is 2.10. The Kier molecular flexibility index (Phi) is 3.96. The number of nitrogens with one attached hydrogen (secondary N) is 2. The van der Waals surface area contributed by atoms with E-state index in [1.165, 1.54) is 4.90 Å². The highest BCUT2D eigenvalue weighted by Crippen LogP contribution is 2.19. The van der Waals surface area contributed by atoms with Crippen LogP contribution in [0.5, 0.6) is 0 Å². The number of nitrogens with zero attached hydrogens (tertiary/aromatic N) is 1. The van der Waals surface area contributed by atoms with Crippen LogP contribution in [0.1, 0.15) is 26.2 Å². The lowest BCUT2D eigenvalue weighted by atomic mass is 9.95. The minimum Gasteiger partial charge on any atom is -0.321 e. The number of rotatable bonds is 2. The molecule has 6 nitrogen and oxygen atoms in total. The van der Waals surface area contributed by atoms with Crippen molar-refractivity contribution in [2.24, 2.45) is 5.92 Å². The highest BCUT2D eigenvalue weighted by Gasteiger charge is 2.38. The highest BCUT2D eigenvalue weighted by atomic mass is 16.2. The second kappa shape index (κ2) is 5.48. The van der Waals surface area contributed by atoms with E-state index in [1.807, 2.05) is 6.92 Å². The Bertz CT molecular complexity index is 364. The van der Waals surface area contributed by atoms with Crippen molar-refractivity contribution in [3.63, 3.8) is 0 Å². The second-order valence-corrected chi connectivity index (χ2v) is 4.83. The number of carbonyl (C=O) groups is 3. The summed E-state index contributed by atoms with van der Waals surface area (Å²) < 4.78 is 0. The van der Waals surface area contributed by atoms with Crippen molar-refractivity contribution in [3.8, 4) is 0 Å². The molecule has 0 saturated carbocycles. The first-order chi connectivity index (χ1) is 8.63. The van der Waals surface area contributed by atoms with Crippen LogP contribution in [0.3, 0.4) is 0 Å². The molecular weight excluding hydrogens is 234 g/mol. The van der Waals surface area contributed by atoms with Crippen LogP contribution in [0.4, 0.5) is 0 Å². The minimum absolute atomic E-state index is 0.00695. The molecule has 1 unspecified atom stereocenters. The van der Waals surface area contributed by atoms with Gasteiger partial charge in [-0.25, -0.2) is 0 Å². The average molecular weight is 253 g/mol. The van der Waals surface area contributed by atoms with Crippen molar-refractivity contribution in [1.82, 2.24) is 15.5 Å². The summed E-state index contributed by atoms with van der Waals surface area (Å²) in [5.41, 5.74) is 0. The van der Waals surface area contributed by atoms with Gasteiger partial charge in [-0.05, 0) is 32.4 Å². The predicted molar refractivity (Wildman–Crippen MR) is 64.5 cm³/mol. The van der Waals surface area contributed by atoms with Gasteiger partial charge >= 0.3 is 0 Å². The van der Waals surface area contributed by atoms with Crippen molar-refractivity contribution in [3.05, 3.63) is 0 Å². The number of hydrogen-bond acceptors (Lipinski definition) is 4. The lowest BCUT2D eigenvalue weighted by molar-refractivity contribution is -0.152. The predicted octanol–water partition coefficient (Wildman–Crippen LogP) is -0.750. The third-order valence-corrected chi connectivity index (χ3v) is 3.61. The van der Waals surface area contributed by atoms with E-state index in [0.29, 0.717) is 6.42 Å². The number of piperazine rings is 1. The fourth-order valence-corrected chi connectivity index (χ4v) is 2.61. The van der Waals surface area contributed by atoms with Crippen molar-refractivity contribution in [2.45, 2.75) is 32.2 Å². The molecule has 2 saturated heterocycles. The van der Waals surface area contributed by atoms with E-state index < -0.39 is 6.04 Å². The molecule has 6 heteroatoms. The van der Waals surface area contributed by atoms with Crippen LogP contribution in [-0.4, -0.2) is 48.3 Å². The number of carbonyl (C=O) groups excluding carboxylic acids is 3. The Morgan fingerprint density at radius 1 is 1.33 bits per heavy atom. The largest absolute Gasteiger partial charge is 0.321 e. The maximum absolute atomic E-state index is 12.4. The van der Waals surface area contributed by atoms with Gasteiger partial charge in [0.2, 0.25) is 17.7 Å². The quantitative estimate of drug-likeness (QED) is 0.635. The maximum Gasteiger partial charge on any atom is 0.249 e. The van der Waals surface area contributed by atoms with Gasteiger partial charge in [0, 0.05) is 5.92 Å². The molecule has 2 heterocycles. The molecule has 0 aromatic rings. The first kappa shape index (κ1) is 13.0. The first-order valence-electron chi connectivity index (χ1n) is 6.48. The molecule has 0 radical (unpaired) electrons. The maximum atomic E-state index is 12.4. The molecule has 0 spiro atoms. The molecule has 2 rings (SSSR count). The van der Waals surface area contributed by atoms with E-state index in [-0.39, 0.29) is 30.2 Å². The van der Waals surface area contributed by atoms with Crippen LogP contribution in [0.2, 0.25) is 0 Å². The van der Waals surface area contributed by atoms with E-state index >= 15 is 0 Å². The second-order valence-electron chi connectivity index (χ2n) is 4.83. The Hall–Kier alpha value is -1.43. The average Bonchev–Trinajstić information content (AvgIpc) is 2.38. The molecule has 2 aliphatic heterocycles. The van der Waals surface area contributed by atoms with Crippen molar-refractivity contribution >= 4 is 17.7 Å². The number of piperidine rings is 1. The van der Waals surface area contributed by atoms with Gasteiger partial charge in [-0.15, -0.1) is 0 Å². The van der Waals surface area contributed by atoms with Gasteiger partial charge in [-0.1, -0.05) is 6.92 Å². The third kappa shape index (κ3) is 2.53. The van der Waals surface area contributed by atoms with Gasteiger partial charge in [-0.3, -0.25) is 19.7 Å². The van der Waals surface area contributed by atoms with Crippen LogP contribution in [0, 0.1) is 5.92 Å². The number of hydrogen-bond donors (Lipinski definition) is 2. The topological polar surface area (TPSA) is 78.5 Å². The number of amides is 3. The Labute approximate surface area is 106 Å². The molecule has 0 bridgehead atoms. The van der Waals surface area contributed by atoms with Gasteiger partial charge in [-0.2, -0.15) is 0 Å². The van der Waals surface area contributed by atoms with E-state index in [9.17, 15) is 14.4 Å². The first-order valence-corrected chi connectivity index (χ1v) is 6.48. The molecule has 3 amide bonds. The molecule has 2 aliphatic rings. The van der Waals surface area contributed by atoms with E-state index in [4.69, 9.17) is 0 Å². The van der Waals surface area contributed by atoms with Gasteiger partial charge < -0.3 is 10.2 Å². The standard InChI is InChI=1S/C12H19N3O3/c1-2-9-11(17)14-10(16)7-15(9)12(18)8-3-5-13-6-4-8/h8-9,13H,2-7H2,1H3,(H,14,16,17). The zero-order chi connectivity index (χ0) is 13.1. The lowest BCUT2D eigenvalue weighted by Crippen LogP contribution is -2.61. The molecule has 2 N–H and O–H groups in total. The third-order valence-electron chi connectivity index (χ3n) is 3.61. The summed E-state index contributed by atoms with van der Waals surface area (Å²) in [6.45, 7) is 3.50. The van der Waals surface area contributed by atoms with Crippen LogP contribution >= 0.6 is 0 Å². The summed E-state index contributed by atoms with van der Waals surface area (Å²) in [5.74, 6) is -0.839. The Balaban J connectivity index is 2.10. The minimum atomic E-state index is -0.495. The summed E-state index contributed by atoms with van der Waals surface area (Å²) in [6, 6.07) is -0.495. The van der Waals surface area contributed by atoms with Crippen molar-refractivity contribution in [2.75, 3.05) is 19.6 Å². The van der Waals surface area contributed by atoms with Crippen LogP contribution in [-0.2, 0) is 14.4 Å². The zero-order valence-corrected chi connectivity index (χ0v) is 10.6.